The average molecular weight is 288 g/mol. The van der Waals surface area contributed by atoms with Gasteiger partial charge in [-0.3, -0.25) is 0 Å². The maximum absolute atomic E-state index is 13.3. The van der Waals surface area contributed by atoms with Crippen molar-refractivity contribution >= 4 is 0 Å². The average Bonchev–Trinajstić information content (AvgIpc) is 2.91. The summed E-state index contributed by atoms with van der Waals surface area (Å²) in [6.45, 7) is 2.47. The Hall–Kier alpha value is -2.23. The highest BCUT2D eigenvalue weighted by Gasteiger charge is 2.06. The van der Waals surface area contributed by atoms with E-state index >= 15 is 0 Å². The van der Waals surface area contributed by atoms with Crippen molar-refractivity contribution < 1.29 is 9.13 Å². The third kappa shape index (κ3) is 4.38. The van der Waals surface area contributed by atoms with Crippen molar-refractivity contribution in [3.8, 4) is 6.07 Å². The van der Waals surface area contributed by atoms with E-state index < -0.39 is 0 Å². The summed E-state index contributed by atoms with van der Waals surface area (Å²) in [6, 6.07) is 6.24. The van der Waals surface area contributed by atoms with Crippen LogP contribution in [-0.4, -0.2) is 29.8 Å². The van der Waals surface area contributed by atoms with E-state index in [9.17, 15) is 4.39 Å². The van der Waals surface area contributed by atoms with Gasteiger partial charge in [-0.15, -0.1) is 0 Å². The van der Waals surface area contributed by atoms with E-state index in [-0.39, 0.29) is 5.82 Å². The van der Waals surface area contributed by atoms with Crippen molar-refractivity contribution in [2.45, 2.75) is 13.1 Å². The number of imidazole rings is 1. The van der Waals surface area contributed by atoms with Gasteiger partial charge < -0.3 is 14.6 Å². The van der Waals surface area contributed by atoms with Gasteiger partial charge in [0, 0.05) is 32.9 Å². The lowest BCUT2D eigenvalue weighted by Crippen LogP contribution is -2.18. The molecule has 0 aliphatic carbocycles. The van der Waals surface area contributed by atoms with Gasteiger partial charge in [-0.25, -0.2) is 9.37 Å². The maximum atomic E-state index is 13.3. The maximum Gasteiger partial charge on any atom is 0.123 e. The Morgan fingerprint density at radius 1 is 1.48 bits per heavy atom. The quantitative estimate of drug-likeness (QED) is 0.787. The first-order chi connectivity index (χ1) is 10.2. The number of aromatic nitrogens is 2. The fourth-order valence-corrected chi connectivity index (χ4v) is 1.97. The van der Waals surface area contributed by atoms with Crippen LogP contribution in [0, 0.1) is 17.1 Å². The molecular weight excluding hydrogens is 271 g/mol. The van der Waals surface area contributed by atoms with E-state index in [1.807, 2.05) is 10.8 Å². The summed E-state index contributed by atoms with van der Waals surface area (Å²) in [5.41, 5.74) is 2.01. The molecule has 0 atom stereocenters. The lowest BCUT2D eigenvalue weighted by atomic mass is 10.1. The Bertz CT molecular complexity index is 633. The van der Waals surface area contributed by atoms with Crippen molar-refractivity contribution in [3.63, 3.8) is 0 Å². The Morgan fingerprint density at radius 3 is 3.10 bits per heavy atom. The Balaban J connectivity index is 1.99. The molecular formula is C15H17FN4O. The minimum Gasteiger partial charge on any atom is -0.383 e. The van der Waals surface area contributed by atoms with E-state index in [2.05, 4.69) is 16.4 Å². The summed E-state index contributed by atoms with van der Waals surface area (Å²) in [5.74, 6) is -0.342. The summed E-state index contributed by atoms with van der Waals surface area (Å²) in [6.07, 6.45) is 3.56. The second-order valence-corrected chi connectivity index (χ2v) is 4.62. The number of ether oxygens (including phenoxy) is 1. The highest BCUT2D eigenvalue weighted by atomic mass is 19.1. The molecule has 1 N–H and O–H groups in total. The van der Waals surface area contributed by atoms with Gasteiger partial charge in [0.05, 0.1) is 30.3 Å². The van der Waals surface area contributed by atoms with Gasteiger partial charge in [0.1, 0.15) is 5.82 Å². The van der Waals surface area contributed by atoms with Gasteiger partial charge in [0.15, 0.2) is 0 Å². The molecule has 0 unspecified atom stereocenters. The lowest BCUT2D eigenvalue weighted by Gasteiger charge is -2.05. The third-order valence-corrected chi connectivity index (χ3v) is 3.02. The molecule has 0 spiro atoms. The van der Waals surface area contributed by atoms with Gasteiger partial charge in [-0.1, -0.05) is 0 Å². The number of hydrogen-bond donors (Lipinski definition) is 1. The predicted octanol–water partition coefficient (Wildman–Crippen LogP) is 1.68. The van der Waals surface area contributed by atoms with Gasteiger partial charge in [-0.2, -0.15) is 5.26 Å². The monoisotopic (exact) mass is 288 g/mol. The second kappa shape index (κ2) is 7.53. The molecule has 6 heteroatoms. The number of nitrogens with one attached hydrogen (secondary N) is 1. The molecule has 0 bridgehead atoms. The van der Waals surface area contributed by atoms with Gasteiger partial charge in [0.25, 0.3) is 0 Å². The molecule has 0 aliphatic heterocycles. The Kier molecular flexibility index (Phi) is 5.43. The normalized spacial score (nSPS) is 10.5. The van der Waals surface area contributed by atoms with Gasteiger partial charge >= 0.3 is 0 Å². The molecule has 5 nitrogen and oxygen atoms in total. The number of halogens is 1. The van der Waals surface area contributed by atoms with Crippen LogP contribution in [0.25, 0.3) is 0 Å². The van der Waals surface area contributed by atoms with Crippen molar-refractivity contribution in [2.75, 3.05) is 20.3 Å². The Morgan fingerprint density at radius 2 is 2.33 bits per heavy atom. The summed E-state index contributed by atoms with van der Waals surface area (Å²) < 4.78 is 20.1. The highest BCUT2D eigenvalue weighted by molar-refractivity contribution is 5.38. The number of rotatable bonds is 7. The number of benzene rings is 1. The number of nitrogens with zero attached hydrogens (tertiary/aromatic N) is 3. The van der Waals surface area contributed by atoms with Crippen LogP contribution in [0.4, 0.5) is 4.39 Å². The van der Waals surface area contributed by atoms with Crippen LogP contribution >= 0.6 is 0 Å². The molecule has 1 heterocycles. The van der Waals surface area contributed by atoms with E-state index in [4.69, 9.17) is 10.00 Å². The van der Waals surface area contributed by atoms with Crippen LogP contribution in [0.2, 0.25) is 0 Å². The van der Waals surface area contributed by atoms with Crippen LogP contribution in [0.5, 0.6) is 0 Å². The van der Waals surface area contributed by atoms with E-state index in [0.717, 1.165) is 12.2 Å². The first-order valence-electron chi connectivity index (χ1n) is 6.61. The lowest BCUT2D eigenvalue weighted by molar-refractivity contribution is 0.199. The zero-order valence-corrected chi connectivity index (χ0v) is 11.8. The van der Waals surface area contributed by atoms with Crippen LogP contribution in [0.1, 0.15) is 16.8 Å². The molecule has 2 rings (SSSR count). The first-order valence-corrected chi connectivity index (χ1v) is 6.61. The standard InChI is InChI=1S/C15H17FN4O/c1-21-5-4-18-8-15-10-20(11-19-15)9-13-6-14(16)3-2-12(13)7-17/h2-3,6,10-11,18H,4-5,8-9H2,1H3. The zero-order chi connectivity index (χ0) is 15.1. The molecule has 1 aromatic carbocycles. The topological polar surface area (TPSA) is 62.9 Å². The molecule has 0 radical (unpaired) electrons. The minimum absolute atomic E-state index is 0.342. The molecule has 2 aromatic rings. The first kappa shape index (κ1) is 15.2. The predicted molar refractivity (Wildman–Crippen MR) is 76.0 cm³/mol. The smallest absolute Gasteiger partial charge is 0.123 e. The molecule has 110 valence electrons. The van der Waals surface area contributed by atoms with Gasteiger partial charge in [0.2, 0.25) is 0 Å². The van der Waals surface area contributed by atoms with E-state index in [0.29, 0.717) is 30.8 Å². The van der Waals surface area contributed by atoms with Crippen molar-refractivity contribution in [3.05, 3.63) is 53.4 Å². The fraction of sp³-hybridized carbons (Fsp3) is 0.333. The van der Waals surface area contributed by atoms with Crippen LogP contribution in [0.3, 0.4) is 0 Å². The largest absolute Gasteiger partial charge is 0.383 e. The summed E-state index contributed by atoms with van der Waals surface area (Å²) in [5, 5.41) is 12.2. The van der Waals surface area contributed by atoms with Crippen molar-refractivity contribution in [1.29, 1.82) is 5.26 Å². The number of methoxy groups -OCH3 is 1. The van der Waals surface area contributed by atoms with Gasteiger partial charge in [-0.05, 0) is 23.8 Å². The number of nitriles is 1. The third-order valence-electron chi connectivity index (χ3n) is 3.02. The molecule has 0 saturated heterocycles. The van der Waals surface area contributed by atoms with Crippen LogP contribution in [0.15, 0.2) is 30.7 Å². The van der Waals surface area contributed by atoms with Crippen LogP contribution < -0.4 is 5.32 Å². The molecule has 0 saturated carbocycles. The van der Waals surface area contributed by atoms with Crippen molar-refractivity contribution in [2.24, 2.45) is 0 Å². The zero-order valence-electron chi connectivity index (χ0n) is 11.8. The summed E-state index contributed by atoms with van der Waals surface area (Å²) in [4.78, 5) is 4.27. The second-order valence-electron chi connectivity index (χ2n) is 4.62. The summed E-state index contributed by atoms with van der Waals surface area (Å²) in [7, 11) is 1.65. The molecule has 0 amide bonds. The van der Waals surface area contributed by atoms with E-state index in [1.165, 1.54) is 18.2 Å². The molecule has 0 aliphatic rings. The molecule has 0 fully saturated rings. The minimum atomic E-state index is -0.342. The molecule has 1 aromatic heterocycles. The fourth-order valence-electron chi connectivity index (χ4n) is 1.97. The SMILES string of the molecule is COCCNCc1cn(Cc2cc(F)ccc2C#N)cn1. The van der Waals surface area contributed by atoms with E-state index in [1.54, 1.807) is 13.4 Å². The summed E-state index contributed by atoms with van der Waals surface area (Å²) >= 11 is 0. The number of hydrogen-bond acceptors (Lipinski definition) is 4. The molecule has 21 heavy (non-hydrogen) atoms. The van der Waals surface area contributed by atoms with Crippen LogP contribution in [-0.2, 0) is 17.8 Å². The Labute approximate surface area is 123 Å². The van der Waals surface area contributed by atoms with Crippen molar-refractivity contribution in [1.82, 2.24) is 14.9 Å². The highest BCUT2D eigenvalue weighted by Crippen LogP contribution is 2.12.